The number of benzene rings is 1. The van der Waals surface area contributed by atoms with Crippen molar-refractivity contribution >= 4 is 5.82 Å². The molecule has 0 saturated carbocycles. The molecule has 3 atom stereocenters. The number of aryl methyl sites for hydroxylation is 1. The molecule has 4 heterocycles. The van der Waals surface area contributed by atoms with Crippen molar-refractivity contribution < 1.29 is 4.74 Å². The number of hydrogen-bond acceptors (Lipinski definition) is 8. The minimum absolute atomic E-state index is 0.0101. The maximum atomic E-state index is 13.0. The Balaban J connectivity index is 1.46. The Labute approximate surface area is 192 Å². The quantitative estimate of drug-likeness (QED) is 0.629. The van der Waals surface area contributed by atoms with E-state index in [0.717, 1.165) is 25.9 Å². The summed E-state index contributed by atoms with van der Waals surface area (Å²) >= 11 is 0. The molecule has 3 aliphatic heterocycles. The Kier molecular flexibility index (Phi) is 5.43. The molecule has 33 heavy (non-hydrogen) atoms. The molecule has 3 aliphatic rings. The molecule has 2 saturated heterocycles. The number of nitrogens with one attached hydrogen (secondary N) is 1. The van der Waals surface area contributed by atoms with Gasteiger partial charge in [-0.1, -0.05) is 24.0 Å². The first-order chi connectivity index (χ1) is 15.9. The van der Waals surface area contributed by atoms with Crippen LogP contribution in [0.5, 0.6) is 0 Å². The largest absolute Gasteiger partial charge is 0.376 e. The lowest BCUT2D eigenvalue weighted by molar-refractivity contribution is -0.0629. The maximum Gasteiger partial charge on any atom is 0.261 e. The fraction of sp³-hybridized carbons (Fsp3) is 0.458. The van der Waals surface area contributed by atoms with Crippen LogP contribution in [0, 0.1) is 28.6 Å². The van der Waals surface area contributed by atoms with E-state index in [4.69, 9.17) is 10.5 Å². The molecular weight excluding hydrogens is 418 g/mol. The fourth-order valence-electron chi connectivity index (χ4n) is 5.02. The van der Waals surface area contributed by atoms with Crippen molar-refractivity contribution in [3.8, 4) is 17.9 Å². The number of aromatic nitrogens is 2. The van der Waals surface area contributed by atoms with Crippen LogP contribution in [0.1, 0.15) is 42.5 Å². The highest BCUT2D eigenvalue weighted by Gasteiger charge is 2.49. The number of hydrazine groups is 2. The molecule has 0 bridgehead atoms. The van der Waals surface area contributed by atoms with E-state index in [0.29, 0.717) is 29.1 Å². The number of nitrogens with zero attached hydrogens (tertiary/aromatic N) is 5. The highest BCUT2D eigenvalue weighted by Crippen LogP contribution is 2.43. The maximum absolute atomic E-state index is 13.0. The average Bonchev–Trinajstić information content (AvgIpc) is 3.34. The summed E-state index contributed by atoms with van der Waals surface area (Å²) in [7, 11) is 1.68. The van der Waals surface area contributed by atoms with Crippen LogP contribution in [0.4, 0.5) is 5.82 Å². The average molecular weight is 446 g/mol. The Morgan fingerprint density at radius 2 is 2.00 bits per heavy atom. The van der Waals surface area contributed by atoms with Crippen molar-refractivity contribution in [1.29, 1.82) is 5.26 Å². The van der Waals surface area contributed by atoms with Crippen LogP contribution in [-0.4, -0.2) is 51.5 Å². The summed E-state index contributed by atoms with van der Waals surface area (Å²) in [5.74, 6) is 6.88. The Morgan fingerprint density at radius 3 is 2.67 bits per heavy atom. The SMILES string of the molecule is C[C@@H]1OCC2(CCN(N3Nc4ncn(C)c(=O)c4C3C#Cc3ccccc3C#N)CC2)[C@@H]1N. The molecule has 2 fully saturated rings. The highest BCUT2D eigenvalue weighted by molar-refractivity contribution is 5.54. The number of rotatable bonds is 1. The predicted molar refractivity (Wildman–Crippen MR) is 122 cm³/mol. The topological polar surface area (TPSA) is 112 Å². The minimum atomic E-state index is -0.527. The van der Waals surface area contributed by atoms with Gasteiger partial charge in [0.25, 0.3) is 5.56 Å². The van der Waals surface area contributed by atoms with Gasteiger partial charge in [0.15, 0.2) is 5.82 Å². The molecule has 1 unspecified atom stereocenters. The van der Waals surface area contributed by atoms with Gasteiger partial charge in [0.1, 0.15) is 12.1 Å². The Hall–Kier alpha value is -3.21. The third kappa shape index (κ3) is 3.60. The lowest BCUT2D eigenvalue weighted by Gasteiger charge is -2.44. The van der Waals surface area contributed by atoms with E-state index < -0.39 is 6.04 Å². The second-order valence-electron chi connectivity index (χ2n) is 9.07. The van der Waals surface area contributed by atoms with Crippen LogP contribution in [0.2, 0.25) is 0 Å². The van der Waals surface area contributed by atoms with Crippen molar-refractivity contribution in [2.45, 2.75) is 38.0 Å². The number of nitriles is 1. The molecule has 1 spiro atoms. The number of fused-ring (bicyclic) bond motifs is 1. The molecule has 170 valence electrons. The van der Waals surface area contributed by atoms with Gasteiger partial charge in [0.2, 0.25) is 0 Å². The standard InChI is InChI=1S/C24H27N7O2/c1-16-21(26)24(14-33-16)9-11-30(12-10-24)31-19(8-7-17-5-3-4-6-18(17)13-25)20-22(28-31)27-15-29(2)23(20)32/h3-6,15-16,19,21,28H,9-12,14,26H2,1-2H3/t16-,19?,21+/m0/s1. The molecule has 0 aliphatic carbocycles. The van der Waals surface area contributed by atoms with Crippen LogP contribution in [0.15, 0.2) is 35.4 Å². The van der Waals surface area contributed by atoms with Gasteiger partial charge in [-0.25, -0.2) is 9.99 Å². The lowest BCUT2D eigenvalue weighted by atomic mass is 9.74. The van der Waals surface area contributed by atoms with Gasteiger partial charge in [0, 0.05) is 37.2 Å². The van der Waals surface area contributed by atoms with E-state index in [9.17, 15) is 10.1 Å². The van der Waals surface area contributed by atoms with Gasteiger partial charge in [0.05, 0.1) is 30.2 Å². The smallest absolute Gasteiger partial charge is 0.261 e. The molecule has 5 rings (SSSR count). The molecule has 0 radical (unpaired) electrons. The second-order valence-corrected chi connectivity index (χ2v) is 9.07. The number of ether oxygens (including phenoxy) is 1. The molecular formula is C24H27N7O2. The van der Waals surface area contributed by atoms with Crippen LogP contribution in [0.25, 0.3) is 0 Å². The summed E-state index contributed by atoms with van der Waals surface area (Å²) in [6.07, 6.45) is 3.37. The van der Waals surface area contributed by atoms with Gasteiger partial charge in [-0.3, -0.25) is 10.2 Å². The Bertz CT molecular complexity index is 1230. The van der Waals surface area contributed by atoms with Gasteiger partial charge < -0.3 is 15.0 Å². The summed E-state index contributed by atoms with van der Waals surface area (Å²) in [5, 5.41) is 13.5. The first-order valence-electron chi connectivity index (χ1n) is 11.2. The second kappa shape index (κ2) is 8.29. The zero-order valence-corrected chi connectivity index (χ0v) is 18.8. The summed E-state index contributed by atoms with van der Waals surface area (Å²) in [6.45, 7) is 4.25. The van der Waals surface area contributed by atoms with Crippen molar-refractivity contribution in [1.82, 2.24) is 19.7 Å². The molecule has 9 heteroatoms. The van der Waals surface area contributed by atoms with Gasteiger partial charge in [-0.05, 0) is 31.9 Å². The molecule has 9 nitrogen and oxygen atoms in total. The number of piperidine rings is 1. The van der Waals surface area contributed by atoms with Crippen molar-refractivity contribution in [3.63, 3.8) is 0 Å². The van der Waals surface area contributed by atoms with Crippen molar-refractivity contribution in [2.75, 3.05) is 25.1 Å². The van der Waals surface area contributed by atoms with E-state index in [1.807, 2.05) is 30.2 Å². The number of nitrogens with two attached hydrogens (primary N) is 1. The number of hydrogen-bond donors (Lipinski definition) is 2. The Morgan fingerprint density at radius 1 is 1.27 bits per heavy atom. The fourth-order valence-corrected chi connectivity index (χ4v) is 5.02. The minimum Gasteiger partial charge on any atom is -0.376 e. The number of anilines is 1. The molecule has 1 aromatic carbocycles. The third-order valence-electron chi connectivity index (χ3n) is 7.18. The summed E-state index contributed by atoms with van der Waals surface area (Å²) in [4.78, 5) is 17.4. The third-order valence-corrected chi connectivity index (χ3v) is 7.18. The van der Waals surface area contributed by atoms with E-state index in [1.165, 1.54) is 10.9 Å². The van der Waals surface area contributed by atoms with Gasteiger partial charge >= 0.3 is 0 Å². The summed E-state index contributed by atoms with van der Waals surface area (Å²) < 4.78 is 7.32. The normalized spacial score (nSPS) is 26.3. The molecule has 2 aromatic rings. The van der Waals surface area contributed by atoms with E-state index >= 15 is 0 Å². The molecule has 0 amide bonds. The highest BCUT2D eigenvalue weighted by atomic mass is 16.5. The van der Waals surface area contributed by atoms with E-state index in [2.05, 4.69) is 33.3 Å². The van der Waals surface area contributed by atoms with Crippen LogP contribution >= 0.6 is 0 Å². The summed E-state index contributed by atoms with van der Waals surface area (Å²) in [6, 6.07) is 8.88. The first-order valence-corrected chi connectivity index (χ1v) is 11.2. The van der Waals surface area contributed by atoms with Crippen LogP contribution in [0.3, 0.4) is 0 Å². The van der Waals surface area contributed by atoms with Gasteiger partial charge in [-0.15, -0.1) is 5.12 Å². The molecule has 3 N–H and O–H groups in total. The first kappa shape index (κ1) is 21.6. The van der Waals surface area contributed by atoms with Crippen molar-refractivity contribution in [3.05, 3.63) is 57.6 Å². The lowest BCUT2D eigenvalue weighted by Crippen LogP contribution is -2.55. The van der Waals surface area contributed by atoms with E-state index in [-0.39, 0.29) is 23.1 Å². The van der Waals surface area contributed by atoms with E-state index in [1.54, 1.807) is 13.1 Å². The van der Waals surface area contributed by atoms with Crippen LogP contribution in [-0.2, 0) is 11.8 Å². The summed E-state index contributed by atoms with van der Waals surface area (Å²) in [5.41, 5.74) is 11.3. The zero-order valence-electron chi connectivity index (χ0n) is 18.8. The predicted octanol–water partition coefficient (Wildman–Crippen LogP) is 1.13. The van der Waals surface area contributed by atoms with Gasteiger partial charge in [-0.2, -0.15) is 5.26 Å². The van der Waals surface area contributed by atoms with Crippen LogP contribution < -0.4 is 16.7 Å². The van der Waals surface area contributed by atoms with Crippen molar-refractivity contribution in [2.24, 2.45) is 18.2 Å². The molecule has 1 aromatic heterocycles. The monoisotopic (exact) mass is 445 g/mol. The zero-order chi connectivity index (χ0) is 23.2.